The quantitative estimate of drug-likeness (QED) is 0.540. The summed E-state index contributed by atoms with van der Waals surface area (Å²) in [5.41, 5.74) is 3.57. The summed E-state index contributed by atoms with van der Waals surface area (Å²) in [5.74, 6) is 0.123. The number of hydrogen-bond donors (Lipinski definition) is 0. The molecule has 0 bridgehead atoms. The molecule has 0 amide bonds. The second-order valence-corrected chi connectivity index (χ2v) is 7.50. The van der Waals surface area contributed by atoms with Crippen molar-refractivity contribution in [2.75, 3.05) is 0 Å². The molecular weight excluding hydrogens is 314 g/mol. The molecule has 0 unspecified atom stereocenters. The second-order valence-electron chi connectivity index (χ2n) is 7.50. The van der Waals surface area contributed by atoms with Gasteiger partial charge >= 0.3 is 0 Å². The van der Waals surface area contributed by atoms with Crippen LogP contribution in [0.25, 0.3) is 0 Å². The molecule has 0 spiro atoms. The Balaban J connectivity index is 1.53. The summed E-state index contributed by atoms with van der Waals surface area (Å²) in [6, 6.07) is 13.1. The first-order valence-corrected chi connectivity index (χ1v) is 9.68. The van der Waals surface area contributed by atoms with E-state index in [2.05, 4.69) is 31.2 Å². The van der Waals surface area contributed by atoms with Crippen LogP contribution in [0, 0.1) is 17.6 Å². The van der Waals surface area contributed by atoms with Gasteiger partial charge < -0.3 is 0 Å². The number of hydrogen-bond acceptors (Lipinski definition) is 0. The van der Waals surface area contributed by atoms with Crippen LogP contribution >= 0.6 is 0 Å². The van der Waals surface area contributed by atoms with Gasteiger partial charge in [-0.25, -0.2) is 8.78 Å². The largest absolute Gasteiger partial charge is 0.204 e. The van der Waals surface area contributed by atoms with Gasteiger partial charge in [-0.15, -0.1) is 0 Å². The fourth-order valence-electron chi connectivity index (χ4n) is 4.13. The first-order valence-electron chi connectivity index (χ1n) is 9.68. The normalized spacial score (nSPS) is 20.6. The predicted octanol–water partition coefficient (Wildman–Crippen LogP) is 6.82. The molecule has 0 saturated heterocycles. The van der Waals surface area contributed by atoms with E-state index in [1.807, 2.05) is 0 Å². The smallest absolute Gasteiger partial charge is 0.159 e. The minimum atomic E-state index is -0.776. The molecule has 134 valence electrons. The van der Waals surface area contributed by atoms with E-state index in [9.17, 15) is 8.78 Å². The van der Waals surface area contributed by atoms with E-state index < -0.39 is 11.6 Å². The van der Waals surface area contributed by atoms with Gasteiger partial charge in [0.25, 0.3) is 0 Å². The Labute approximate surface area is 150 Å². The summed E-state index contributed by atoms with van der Waals surface area (Å²) in [6.07, 6.45) is 9.66. The van der Waals surface area contributed by atoms with Crippen LogP contribution < -0.4 is 0 Å². The Morgan fingerprint density at radius 3 is 2.08 bits per heavy atom. The maximum absolute atomic E-state index is 13.3. The van der Waals surface area contributed by atoms with Crippen LogP contribution in [-0.4, -0.2) is 0 Å². The molecule has 0 atom stereocenters. The van der Waals surface area contributed by atoms with Crippen molar-refractivity contribution < 1.29 is 8.78 Å². The highest BCUT2D eigenvalue weighted by molar-refractivity contribution is 5.27. The van der Waals surface area contributed by atoms with Gasteiger partial charge in [0.05, 0.1) is 0 Å². The summed E-state index contributed by atoms with van der Waals surface area (Å²) in [4.78, 5) is 0. The highest BCUT2D eigenvalue weighted by Crippen LogP contribution is 2.37. The van der Waals surface area contributed by atoms with Crippen molar-refractivity contribution in [2.24, 2.45) is 5.92 Å². The Morgan fingerprint density at radius 2 is 1.44 bits per heavy atom. The lowest BCUT2D eigenvalue weighted by atomic mass is 9.77. The molecule has 0 nitrogen and oxygen atoms in total. The summed E-state index contributed by atoms with van der Waals surface area (Å²) in [7, 11) is 0. The van der Waals surface area contributed by atoms with Gasteiger partial charge in [0.2, 0.25) is 0 Å². The molecule has 25 heavy (non-hydrogen) atoms. The number of benzene rings is 2. The molecular formula is C23H28F2. The van der Waals surface area contributed by atoms with Crippen molar-refractivity contribution >= 4 is 0 Å². The van der Waals surface area contributed by atoms with E-state index in [-0.39, 0.29) is 0 Å². The Bertz CT molecular complexity index is 667. The minimum Gasteiger partial charge on any atom is -0.204 e. The lowest BCUT2D eigenvalue weighted by molar-refractivity contribution is 0.308. The van der Waals surface area contributed by atoms with Gasteiger partial charge in [-0.2, -0.15) is 0 Å². The minimum absolute atomic E-state index is 0.716. The second kappa shape index (κ2) is 8.60. The van der Waals surface area contributed by atoms with Gasteiger partial charge in [-0.3, -0.25) is 0 Å². The molecule has 1 fully saturated rings. The van der Waals surface area contributed by atoms with Crippen molar-refractivity contribution in [3.63, 3.8) is 0 Å². The van der Waals surface area contributed by atoms with Gasteiger partial charge in [-0.1, -0.05) is 50.1 Å². The highest BCUT2D eigenvalue weighted by atomic mass is 19.2. The molecule has 2 aromatic rings. The van der Waals surface area contributed by atoms with Crippen LogP contribution in [-0.2, 0) is 12.8 Å². The Hall–Kier alpha value is -1.70. The van der Waals surface area contributed by atoms with Crippen molar-refractivity contribution in [1.82, 2.24) is 0 Å². The molecule has 1 aliphatic rings. The fraction of sp³-hybridized carbons (Fsp3) is 0.478. The monoisotopic (exact) mass is 342 g/mol. The highest BCUT2D eigenvalue weighted by Gasteiger charge is 2.21. The van der Waals surface area contributed by atoms with Gasteiger partial charge in [0.1, 0.15) is 0 Å². The average Bonchev–Trinajstić information content (AvgIpc) is 2.64. The van der Waals surface area contributed by atoms with Crippen LogP contribution in [0.15, 0.2) is 42.5 Å². The zero-order valence-corrected chi connectivity index (χ0v) is 15.1. The summed E-state index contributed by atoms with van der Waals surface area (Å²) < 4.78 is 26.2. The number of aryl methyl sites for hydroxylation is 2. The van der Waals surface area contributed by atoms with E-state index in [0.29, 0.717) is 5.92 Å². The third kappa shape index (κ3) is 4.90. The Morgan fingerprint density at radius 1 is 0.800 bits per heavy atom. The first kappa shape index (κ1) is 18.1. The van der Waals surface area contributed by atoms with E-state index in [0.717, 1.165) is 24.3 Å². The molecule has 0 N–H and O–H groups in total. The van der Waals surface area contributed by atoms with Crippen LogP contribution in [0.2, 0.25) is 0 Å². The summed E-state index contributed by atoms with van der Waals surface area (Å²) >= 11 is 0. The summed E-state index contributed by atoms with van der Waals surface area (Å²) in [6.45, 7) is 2.28. The molecule has 2 heteroatoms. The molecule has 0 radical (unpaired) electrons. The average molecular weight is 342 g/mol. The van der Waals surface area contributed by atoms with E-state index >= 15 is 0 Å². The van der Waals surface area contributed by atoms with Gasteiger partial charge in [-0.05, 0) is 79.2 Å². The predicted molar refractivity (Wildman–Crippen MR) is 99.8 cm³/mol. The maximum Gasteiger partial charge on any atom is 0.159 e. The molecule has 2 aromatic carbocycles. The van der Waals surface area contributed by atoms with E-state index in [1.165, 1.54) is 61.8 Å². The molecule has 0 heterocycles. The Kier molecular flexibility index (Phi) is 6.23. The number of halogens is 2. The maximum atomic E-state index is 13.3. The zero-order chi connectivity index (χ0) is 17.6. The molecule has 1 aliphatic carbocycles. The van der Waals surface area contributed by atoms with Gasteiger partial charge in [0, 0.05) is 0 Å². The van der Waals surface area contributed by atoms with Gasteiger partial charge in [0.15, 0.2) is 11.6 Å². The van der Waals surface area contributed by atoms with Crippen LogP contribution in [0.3, 0.4) is 0 Å². The lowest BCUT2D eigenvalue weighted by Crippen LogP contribution is -2.13. The molecule has 1 saturated carbocycles. The zero-order valence-electron chi connectivity index (χ0n) is 15.1. The van der Waals surface area contributed by atoms with Crippen molar-refractivity contribution in [2.45, 2.75) is 64.2 Å². The summed E-state index contributed by atoms with van der Waals surface area (Å²) in [5, 5.41) is 0. The van der Waals surface area contributed by atoms with E-state index in [1.54, 1.807) is 6.07 Å². The molecule has 3 rings (SSSR count). The molecule has 0 aliphatic heterocycles. The fourth-order valence-corrected chi connectivity index (χ4v) is 4.13. The topological polar surface area (TPSA) is 0 Å². The van der Waals surface area contributed by atoms with Crippen LogP contribution in [0.4, 0.5) is 8.78 Å². The lowest BCUT2D eigenvalue weighted by Gasteiger charge is -2.28. The van der Waals surface area contributed by atoms with Crippen LogP contribution in [0.1, 0.15) is 68.1 Å². The number of rotatable bonds is 6. The SMILES string of the molecule is CCCC1CCC(c2ccc(CCc3ccc(F)c(F)c3)cc2)CC1. The van der Waals surface area contributed by atoms with Crippen molar-refractivity contribution in [1.29, 1.82) is 0 Å². The van der Waals surface area contributed by atoms with E-state index in [4.69, 9.17) is 0 Å². The first-order chi connectivity index (χ1) is 12.2. The van der Waals surface area contributed by atoms with Crippen molar-refractivity contribution in [3.05, 3.63) is 70.8 Å². The third-order valence-corrected chi connectivity index (χ3v) is 5.68. The standard InChI is InChI=1S/C23H28F2/c1-2-3-17-6-11-20(12-7-17)21-13-8-18(9-14-21)4-5-19-10-15-22(24)23(25)16-19/h8-10,13-17,20H,2-7,11-12H2,1H3. The van der Waals surface area contributed by atoms with Crippen molar-refractivity contribution in [3.8, 4) is 0 Å². The van der Waals surface area contributed by atoms with Crippen LogP contribution in [0.5, 0.6) is 0 Å². The molecule has 0 aromatic heterocycles. The third-order valence-electron chi connectivity index (χ3n) is 5.68.